The Hall–Kier alpha value is -1.17. The highest BCUT2D eigenvalue weighted by Crippen LogP contribution is 2.31. The van der Waals surface area contributed by atoms with Crippen LogP contribution in [0.15, 0.2) is 18.2 Å². The zero-order valence-corrected chi connectivity index (χ0v) is 12.8. The Morgan fingerprint density at radius 2 is 2.33 bits per heavy atom. The van der Waals surface area contributed by atoms with Gasteiger partial charge >= 0.3 is 0 Å². The van der Waals surface area contributed by atoms with Gasteiger partial charge in [-0.25, -0.2) is 4.39 Å². The molecule has 2 rings (SSSR count). The van der Waals surface area contributed by atoms with E-state index in [1.54, 1.807) is 6.07 Å². The summed E-state index contributed by atoms with van der Waals surface area (Å²) in [6, 6.07) is 5.06. The van der Waals surface area contributed by atoms with Crippen molar-refractivity contribution in [2.75, 3.05) is 37.8 Å². The minimum atomic E-state index is -0.238. The van der Waals surface area contributed by atoms with Gasteiger partial charge < -0.3 is 20.1 Å². The molecule has 1 aromatic rings. The van der Waals surface area contributed by atoms with Crippen LogP contribution in [-0.2, 0) is 4.74 Å². The predicted octanol–water partition coefficient (Wildman–Crippen LogP) is 2.08. The molecular formula is C16H25FN2O2. The molecule has 2 atom stereocenters. The highest BCUT2D eigenvalue weighted by Gasteiger charge is 2.27. The number of aliphatic hydroxyl groups is 1. The third-order valence-corrected chi connectivity index (χ3v) is 3.91. The fourth-order valence-electron chi connectivity index (χ4n) is 2.76. The number of hydrogen-bond acceptors (Lipinski definition) is 4. The molecule has 0 bridgehead atoms. The fraction of sp³-hybridized carbons (Fsp3) is 0.625. The minimum absolute atomic E-state index is 0.0372. The lowest BCUT2D eigenvalue weighted by Gasteiger charge is -2.38. The Bertz CT molecular complexity index is 456. The van der Waals surface area contributed by atoms with Crippen LogP contribution in [-0.4, -0.2) is 44.1 Å². The molecule has 2 N–H and O–H groups in total. The Morgan fingerprint density at radius 3 is 3.05 bits per heavy atom. The van der Waals surface area contributed by atoms with Crippen molar-refractivity contribution in [1.29, 1.82) is 0 Å². The number of halogens is 1. The van der Waals surface area contributed by atoms with Gasteiger partial charge in [0.15, 0.2) is 0 Å². The SMILES string of the molecule is CCCNC(C)c1cccc(F)c1N1CCOCC1CO. The van der Waals surface area contributed by atoms with E-state index in [4.69, 9.17) is 4.74 Å². The van der Waals surface area contributed by atoms with Crippen LogP contribution in [0.5, 0.6) is 0 Å². The molecule has 0 radical (unpaired) electrons. The van der Waals surface area contributed by atoms with E-state index in [0.29, 0.717) is 25.4 Å². The molecule has 1 aromatic carbocycles. The van der Waals surface area contributed by atoms with Gasteiger partial charge in [0.25, 0.3) is 0 Å². The van der Waals surface area contributed by atoms with Crippen LogP contribution in [0, 0.1) is 5.82 Å². The van der Waals surface area contributed by atoms with E-state index in [1.165, 1.54) is 6.07 Å². The van der Waals surface area contributed by atoms with Crippen LogP contribution in [0.3, 0.4) is 0 Å². The molecular weight excluding hydrogens is 271 g/mol. The van der Waals surface area contributed by atoms with Crippen LogP contribution in [0.1, 0.15) is 31.9 Å². The summed E-state index contributed by atoms with van der Waals surface area (Å²) >= 11 is 0. The Balaban J connectivity index is 2.32. The molecule has 0 spiro atoms. The van der Waals surface area contributed by atoms with Gasteiger partial charge in [-0.15, -0.1) is 0 Å². The monoisotopic (exact) mass is 296 g/mol. The van der Waals surface area contributed by atoms with Crippen molar-refractivity contribution in [3.8, 4) is 0 Å². The van der Waals surface area contributed by atoms with Gasteiger partial charge in [-0.3, -0.25) is 0 Å². The van der Waals surface area contributed by atoms with Crippen molar-refractivity contribution < 1.29 is 14.2 Å². The smallest absolute Gasteiger partial charge is 0.146 e. The van der Waals surface area contributed by atoms with E-state index in [0.717, 1.165) is 18.5 Å². The van der Waals surface area contributed by atoms with Crippen molar-refractivity contribution >= 4 is 5.69 Å². The molecule has 1 saturated heterocycles. The van der Waals surface area contributed by atoms with E-state index >= 15 is 0 Å². The van der Waals surface area contributed by atoms with Crippen molar-refractivity contribution in [2.24, 2.45) is 0 Å². The number of rotatable bonds is 6. The first-order chi connectivity index (χ1) is 10.2. The van der Waals surface area contributed by atoms with Crippen LogP contribution in [0.2, 0.25) is 0 Å². The second-order valence-corrected chi connectivity index (χ2v) is 5.46. The van der Waals surface area contributed by atoms with Gasteiger partial charge in [0.2, 0.25) is 0 Å². The highest BCUT2D eigenvalue weighted by atomic mass is 19.1. The van der Waals surface area contributed by atoms with E-state index in [9.17, 15) is 9.50 Å². The predicted molar refractivity (Wildman–Crippen MR) is 82.1 cm³/mol. The quantitative estimate of drug-likeness (QED) is 0.844. The van der Waals surface area contributed by atoms with Crippen molar-refractivity contribution in [3.63, 3.8) is 0 Å². The molecule has 0 aromatic heterocycles. The van der Waals surface area contributed by atoms with E-state index in [1.807, 2.05) is 17.9 Å². The van der Waals surface area contributed by atoms with E-state index < -0.39 is 0 Å². The molecule has 4 nitrogen and oxygen atoms in total. The topological polar surface area (TPSA) is 44.7 Å². The summed E-state index contributed by atoms with van der Waals surface area (Å²) in [5.74, 6) is -0.238. The number of ether oxygens (including phenoxy) is 1. The Morgan fingerprint density at radius 1 is 1.52 bits per heavy atom. The van der Waals surface area contributed by atoms with Gasteiger partial charge in [-0.05, 0) is 31.5 Å². The normalized spacial score (nSPS) is 20.6. The molecule has 1 heterocycles. The van der Waals surface area contributed by atoms with Crippen molar-refractivity contribution in [1.82, 2.24) is 5.32 Å². The van der Waals surface area contributed by atoms with Crippen molar-refractivity contribution in [3.05, 3.63) is 29.6 Å². The molecule has 1 aliphatic rings. The highest BCUT2D eigenvalue weighted by molar-refractivity contribution is 5.57. The maximum absolute atomic E-state index is 14.4. The maximum atomic E-state index is 14.4. The van der Waals surface area contributed by atoms with Gasteiger partial charge in [-0.2, -0.15) is 0 Å². The number of morpholine rings is 1. The first-order valence-electron chi connectivity index (χ1n) is 7.66. The summed E-state index contributed by atoms with van der Waals surface area (Å²) in [5, 5.41) is 12.9. The molecule has 118 valence electrons. The first kappa shape index (κ1) is 16.2. The fourth-order valence-corrected chi connectivity index (χ4v) is 2.76. The third kappa shape index (κ3) is 3.73. The molecule has 0 saturated carbocycles. The summed E-state index contributed by atoms with van der Waals surface area (Å²) < 4.78 is 19.8. The molecule has 1 fully saturated rings. The zero-order chi connectivity index (χ0) is 15.2. The number of benzene rings is 1. The van der Waals surface area contributed by atoms with Gasteiger partial charge in [0.05, 0.1) is 31.5 Å². The van der Waals surface area contributed by atoms with E-state index in [-0.39, 0.29) is 24.5 Å². The number of hydrogen-bond donors (Lipinski definition) is 2. The number of nitrogens with one attached hydrogen (secondary N) is 1. The summed E-state index contributed by atoms with van der Waals surface area (Å²) in [6.07, 6.45) is 1.03. The minimum Gasteiger partial charge on any atom is -0.394 e. The van der Waals surface area contributed by atoms with Gasteiger partial charge in [0.1, 0.15) is 5.82 Å². The maximum Gasteiger partial charge on any atom is 0.146 e. The summed E-state index contributed by atoms with van der Waals surface area (Å²) in [4.78, 5) is 1.94. The lowest BCUT2D eigenvalue weighted by Crippen LogP contribution is -2.48. The number of para-hydroxylation sites is 1. The average Bonchev–Trinajstić information content (AvgIpc) is 2.52. The average molecular weight is 296 g/mol. The lowest BCUT2D eigenvalue weighted by atomic mass is 10.0. The molecule has 2 unspecified atom stereocenters. The number of aliphatic hydroxyl groups excluding tert-OH is 1. The molecule has 5 heteroatoms. The summed E-state index contributed by atoms with van der Waals surface area (Å²) in [7, 11) is 0. The second kappa shape index (κ2) is 7.73. The van der Waals surface area contributed by atoms with Crippen LogP contribution < -0.4 is 10.2 Å². The summed E-state index contributed by atoms with van der Waals surface area (Å²) in [5.41, 5.74) is 1.53. The van der Waals surface area contributed by atoms with Crippen molar-refractivity contribution in [2.45, 2.75) is 32.4 Å². The zero-order valence-electron chi connectivity index (χ0n) is 12.8. The molecule has 1 aliphatic heterocycles. The Kier molecular flexibility index (Phi) is 5.96. The second-order valence-electron chi connectivity index (χ2n) is 5.46. The molecule has 0 amide bonds. The number of nitrogens with zero attached hydrogens (tertiary/aromatic N) is 1. The third-order valence-electron chi connectivity index (χ3n) is 3.91. The summed E-state index contributed by atoms with van der Waals surface area (Å²) in [6.45, 7) is 6.59. The standard InChI is InChI=1S/C16H25FN2O2/c1-3-7-18-12(2)14-5-4-6-15(17)16(14)19-8-9-21-11-13(19)10-20/h4-6,12-13,18,20H,3,7-11H2,1-2H3. The van der Waals surface area contributed by atoms with Gasteiger partial charge in [0, 0.05) is 12.6 Å². The van der Waals surface area contributed by atoms with Crippen LogP contribution in [0.4, 0.5) is 10.1 Å². The Labute approximate surface area is 125 Å². The van der Waals surface area contributed by atoms with Gasteiger partial charge in [-0.1, -0.05) is 19.1 Å². The number of anilines is 1. The van der Waals surface area contributed by atoms with Crippen LogP contribution in [0.25, 0.3) is 0 Å². The molecule has 0 aliphatic carbocycles. The molecule has 21 heavy (non-hydrogen) atoms. The largest absolute Gasteiger partial charge is 0.394 e. The van der Waals surface area contributed by atoms with E-state index in [2.05, 4.69) is 12.2 Å². The lowest BCUT2D eigenvalue weighted by molar-refractivity contribution is 0.0722. The first-order valence-corrected chi connectivity index (χ1v) is 7.66. The van der Waals surface area contributed by atoms with Crippen LogP contribution >= 0.6 is 0 Å².